The van der Waals surface area contributed by atoms with Crippen LogP contribution in [-0.4, -0.2) is 25.8 Å². The quantitative estimate of drug-likeness (QED) is 0.419. The Morgan fingerprint density at radius 3 is 2.17 bits per heavy atom. The maximum atomic E-state index is 12.1. The van der Waals surface area contributed by atoms with Crippen molar-refractivity contribution in [3.05, 3.63) is 59.7 Å². The second-order valence-electron chi connectivity index (χ2n) is 5.19. The van der Waals surface area contributed by atoms with Crippen LogP contribution in [0, 0.1) is 6.92 Å². The number of carbonyl (C=O) groups excluding carboxylic acids is 1. The average molecular weight is 314 g/mol. The van der Waals surface area contributed by atoms with Gasteiger partial charge in [-0.2, -0.15) is 0 Å². The normalized spacial score (nSPS) is 10.3. The van der Waals surface area contributed by atoms with Gasteiger partial charge in [0.2, 0.25) is 0 Å². The molecule has 0 aliphatic carbocycles. The van der Waals surface area contributed by atoms with Crippen LogP contribution in [0.4, 0.5) is 0 Å². The van der Waals surface area contributed by atoms with Gasteiger partial charge in [0.15, 0.2) is 0 Å². The van der Waals surface area contributed by atoms with Crippen LogP contribution >= 0.6 is 0 Å². The maximum absolute atomic E-state index is 12.1. The fraction of sp³-hybridized carbons (Fsp3) is 0.316. The number of ether oxygens (including phenoxy) is 3. The zero-order valence-electron chi connectivity index (χ0n) is 13.6. The summed E-state index contributed by atoms with van der Waals surface area (Å²) >= 11 is 0. The molecular weight excluding hydrogens is 292 g/mol. The van der Waals surface area contributed by atoms with Crippen molar-refractivity contribution < 1.29 is 19.0 Å². The first-order valence-corrected chi connectivity index (χ1v) is 7.78. The summed E-state index contributed by atoms with van der Waals surface area (Å²) in [6.45, 7) is 5.85. The molecule has 0 fully saturated rings. The number of esters is 1. The van der Waals surface area contributed by atoms with Crippen molar-refractivity contribution >= 4 is 5.97 Å². The Bertz CT molecular complexity index is 602. The minimum atomic E-state index is -0.383. The summed E-state index contributed by atoms with van der Waals surface area (Å²) in [5.41, 5.74) is 1.61. The van der Waals surface area contributed by atoms with Crippen LogP contribution < -0.4 is 9.47 Å². The molecule has 0 aromatic heterocycles. The molecule has 0 atom stereocenters. The molecule has 2 aromatic carbocycles. The van der Waals surface area contributed by atoms with Crippen LogP contribution in [-0.2, 0) is 4.74 Å². The van der Waals surface area contributed by atoms with Gasteiger partial charge < -0.3 is 14.2 Å². The molecule has 0 radical (unpaired) electrons. The monoisotopic (exact) mass is 314 g/mol. The molecule has 4 nitrogen and oxygen atoms in total. The molecule has 0 bridgehead atoms. The predicted molar refractivity (Wildman–Crippen MR) is 89.2 cm³/mol. The van der Waals surface area contributed by atoms with Gasteiger partial charge >= 0.3 is 5.97 Å². The van der Waals surface area contributed by atoms with E-state index in [1.807, 2.05) is 19.1 Å². The third kappa shape index (κ3) is 5.75. The molecule has 23 heavy (non-hydrogen) atoms. The number of carbonyl (C=O) groups is 1. The third-order valence-corrected chi connectivity index (χ3v) is 3.17. The Morgan fingerprint density at radius 2 is 1.52 bits per heavy atom. The van der Waals surface area contributed by atoms with Crippen molar-refractivity contribution in [1.29, 1.82) is 0 Å². The Balaban J connectivity index is 1.83. The lowest BCUT2D eigenvalue weighted by Crippen LogP contribution is -2.09. The van der Waals surface area contributed by atoms with Crippen molar-refractivity contribution in [1.82, 2.24) is 0 Å². The van der Waals surface area contributed by atoms with Gasteiger partial charge in [-0.05, 0) is 49.7 Å². The zero-order chi connectivity index (χ0) is 16.5. The summed E-state index contributed by atoms with van der Waals surface area (Å²) in [5.74, 6) is 0.859. The predicted octanol–water partition coefficient (Wildman–Crippen LogP) is 4.02. The molecule has 0 amide bonds. The van der Waals surface area contributed by atoms with E-state index in [2.05, 4.69) is 6.92 Å². The average Bonchev–Trinajstić information content (AvgIpc) is 2.57. The number of hydrogen-bond donors (Lipinski definition) is 0. The van der Waals surface area contributed by atoms with Gasteiger partial charge in [-0.25, -0.2) is 4.79 Å². The van der Waals surface area contributed by atoms with Crippen LogP contribution in [0.1, 0.15) is 29.3 Å². The van der Waals surface area contributed by atoms with Crippen LogP contribution in [0.5, 0.6) is 11.5 Å². The molecule has 0 aliphatic heterocycles. The number of aryl methyl sites for hydroxylation is 1. The van der Waals surface area contributed by atoms with Crippen molar-refractivity contribution in [3.63, 3.8) is 0 Å². The lowest BCUT2D eigenvalue weighted by atomic mass is 10.2. The van der Waals surface area contributed by atoms with E-state index in [1.54, 1.807) is 36.4 Å². The van der Waals surface area contributed by atoms with E-state index < -0.39 is 0 Å². The highest BCUT2D eigenvalue weighted by Crippen LogP contribution is 2.16. The smallest absolute Gasteiger partial charge is 0.343 e. The molecule has 0 heterocycles. The Hall–Kier alpha value is -2.33. The standard InChI is InChI=1S/C19H22O4/c1-3-12-21-13-14-22-17-10-6-16(7-11-17)19(20)23-18-8-4-15(2)5-9-18/h4-11H,3,12-14H2,1-2H3. The summed E-state index contributed by atoms with van der Waals surface area (Å²) in [4.78, 5) is 12.1. The van der Waals surface area contributed by atoms with Gasteiger partial charge in [0, 0.05) is 6.61 Å². The van der Waals surface area contributed by atoms with E-state index in [0.717, 1.165) is 18.6 Å². The Morgan fingerprint density at radius 1 is 0.870 bits per heavy atom. The molecular formula is C19H22O4. The number of rotatable bonds is 8. The molecule has 0 spiro atoms. The molecule has 4 heteroatoms. The highest BCUT2D eigenvalue weighted by atomic mass is 16.5. The van der Waals surface area contributed by atoms with E-state index in [1.165, 1.54) is 0 Å². The highest BCUT2D eigenvalue weighted by Gasteiger charge is 2.08. The van der Waals surface area contributed by atoms with Crippen LogP contribution in [0.25, 0.3) is 0 Å². The topological polar surface area (TPSA) is 44.8 Å². The van der Waals surface area contributed by atoms with E-state index in [-0.39, 0.29) is 5.97 Å². The number of hydrogen-bond acceptors (Lipinski definition) is 4. The van der Waals surface area contributed by atoms with Crippen molar-refractivity contribution in [3.8, 4) is 11.5 Å². The van der Waals surface area contributed by atoms with Gasteiger partial charge in [0.05, 0.1) is 12.2 Å². The van der Waals surface area contributed by atoms with Crippen LogP contribution in [0.15, 0.2) is 48.5 Å². The first-order chi connectivity index (χ1) is 11.2. The Kier molecular flexibility index (Phi) is 6.63. The second kappa shape index (κ2) is 8.96. The summed E-state index contributed by atoms with van der Waals surface area (Å²) in [5, 5.41) is 0. The zero-order valence-corrected chi connectivity index (χ0v) is 13.6. The lowest BCUT2D eigenvalue weighted by Gasteiger charge is -2.08. The van der Waals surface area contributed by atoms with Crippen molar-refractivity contribution in [2.75, 3.05) is 19.8 Å². The Labute approximate surface area is 137 Å². The van der Waals surface area contributed by atoms with E-state index in [4.69, 9.17) is 14.2 Å². The van der Waals surface area contributed by atoms with E-state index >= 15 is 0 Å². The SMILES string of the molecule is CCCOCCOc1ccc(C(=O)Oc2ccc(C)cc2)cc1. The minimum Gasteiger partial charge on any atom is -0.491 e. The van der Waals surface area contributed by atoms with Crippen LogP contribution in [0.2, 0.25) is 0 Å². The highest BCUT2D eigenvalue weighted by molar-refractivity contribution is 5.91. The van der Waals surface area contributed by atoms with Gasteiger partial charge in [-0.1, -0.05) is 24.6 Å². The van der Waals surface area contributed by atoms with Crippen LogP contribution in [0.3, 0.4) is 0 Å². The van der Waals surface area contributed by atoms with E-state index in [0.29, 0.717) is 30.3 Å². The summed E-state index contributed by atoms with van der Waals surface area (Å²) in [6, 6.07) is 14.3. The molecule has 0 saturated heterocycles. The molecule has 2 rings (SSSR count). The van der Waals surface area contributed by atoms with E-state index in [9.17, 15) is 4.79 Å². The second-order valence-corrected chi connectivity index (χ2v) is 5.19. The fourth-order valence-electron chi connectivity index (χ4n) is 1.92. The summed E-state index contributed by atoms with van der Waals surface area (Å²) < 4.78 is 16.2. The fourth-order valence-corrected chi connectivity index (χ4v) is 1.92. The molecule has 2 aromatic rings. The molecule has 0 unspecified atom stereocenters. The van der Waals surface area contributed by atoms with Crippen molar-refractivity contribution in [2.45, 2.75) is 20.3 Å². The third-order valence-electron chi connectivity index (χ3n) is 3.17. The lowest BCUT2D eigenvalue weighted by molar-refractivity contribution is 0.0734. The molecule has 0 N–H and O–H groups in total. The largest absolute Gasteiger partial charge is 0.491 e. The van der Waals surface area contributed by atoms with Gasteiger partial charge in [-0.3, -0.25) is 0 Å². The first-order valence-electron chi connectivity index (χ1n) is 7.78. The van der Waals surface area contributed by atoms with Gasteiger partial charge in [0.1, 0.15) is 18.1 Å². The van der Waals surface area contributed by atoms with Crippen molar-refractivity contribution in [2.24, 2.45) is 0 Å². The minimum absolute atomic E-state index is 0.383. The molecule has 122 valence electrons. The molecule has 0 saturated carbocycles. The summed E-state index contributed by atoms with van der Waals surface area (Å²) in [7, 11) is 0. The maximum Gasteiger partial charge on any atom is 0.343 e. The number of benzene rings is 2. The molecule has 0 aliphatic rings. The van der Waals surface area contributed by atoms with Gasteiger partial charge in [0.25, 0.3) is 0 Å². The van der Waals surface area contributed by atoms with Gasteiger partial charge in [-0.15, -0.1) is 0 Å². The summed E-state index contributed by atoms with van der Waals surface area (Å²) in [6.07, 6.45) is 0.998. The first kappa shape index (κ1) is 17.0.